The molecule has 0 radical (unpaired) electrons. The van der Waals surface area contributed by atoms with Crippen LogP contribution in [0.3, 0.4) is 0 Å². The van der Waals surface area contributed by atoms with Gasteiger partial charge in [-0.1, -0.05) is 36.4 Å². The molecule has 0 bridgehead atoms. The average Bonchev–Trinajstić information content (AvgIpc) is 3.66. The zero-order chi connectivity index (χ0) is 45.3. The van der Waals surface area contributed by atoms with E-state index < -0.39 is 115 Å². The van der Waals surface area contributed by atoms with Crippen LogP contribution in [0.5, 0.6) is 0 Å². The zero-order valence-electron chi connectivity index (χ0n) is 30.1. The minimum absolute atomic E-state index is 0.222. The maximum absolute atomic E-state index is 14.8. The monoisotopic (exact) mass is 892 g/mol. The Hall–Kier alpha value is -6.34. The van der Waals surface area contributed by atoms with Crippen molar-refractivity contribution in [3.05, 3.63) is 143 Å². The van der Waals surface area contributed by atoms with Crippen molar-refractivity contribution in [2.24, 2.45) is 0 Å². The Morgan fingerprint density at radius 3 is 0.710 bits per heavy atom. The summed E-state index contributed by atoms with van der Waals surface area (Å²) in [4.78, 5) is 0. The van der Waals surface area contributed by atoms with E-state index in [0.29, 0.717) is 94.1 Å². The van der Waals surface area contributed by atoms with Gasteiger partial charge in [0.15, 0.2) is 0 Å². The number of benzene rings is 6. The molecule has 0 saturated carbocycles. The van der Waals surface area contributed by atoms with Gasteiger partial charge < -0.3 is 9.13 Å². The summed E-state index contributed by atoms with van der Waals surface area (Å²) in [5.41, 5.74) is -14.6. The van der Waals surface area contributed by atoms with Crippen LogP contribution in [0.2, 0.25) is 0 Å². The summed E-state index contributed by atoms with van der Waals surface area (Å²) in [5, 5.41) is -0.889. The highest BCUT2D eigenvalue weighted by molar-refractivity contribution is 6.11. The van der Waals surface area contributed by atoms with Gasteiger partial charge in [-0.25, -0.2) is 0 Å². The molecule has 2 heterocycles. The quantitative estimate of drug-likeness (QED) is 0.156. The van der Waals surface area contributed by atoms with Gasteiger partial charge in [0.2, 0.25) is 0 Å². The van der Waals surface area contributed by atoms with Crippen molar-refractivity contribution in [2.45, 2.75) is 37.1 Å². The minimum atomic E-state index is -5.37. The second-order valence-electron chi connectivity index (χ2n) is 14.0. The van der Waals surface area contributed by atoms with Crippen LogP contribution in [-0.2, 0) is 37.1 Å². The second-order valence-corrected chi connectivity index (χ2v) is 14.0. The molecule has 0 amide bonds. The Kier molecular flexibility index (Phi) is 9.28. The number of halogens is 18. The van der Waals surface area contributed by atoms with Crippen LogP contribution in [0.1, 0.15) is 33.4 Å². The lowest BCUT2D eigenvalue weighted by Crippen LogP contribution is -2.13. The van der Waals surface area contributed by atoms with Crippen molar-refractivity contribution in [3.8, 4) is 22.5 Å². The van der Waals surface area contributed by atoms with E-state index in [1.807, 2.05) is 0 Å². The molecule has 0 unspecified atom stereocenters. The number of hydrogen-bond donors (Lipinski definition) is 0. The summed E-state index contributed by atoms with van der Waals surface area (Å²) in [5.74, 6) is 0. The Balaban J connectivity index is 1.47. The molecule has 6 aromatic carbocycles. The Labute approximate surface area is 333 Å². The van der Waals surface area contributed by atoms with Gasteiger partial charge in [-0.15, -0.1) is 0 Å². The molecule has 0 aliphatic carbocycles. The molecule has 0 aliphatic rings. The third kappa shape index (κ3) is 7.21. The van der Waals surface area contributed by atoms with E-state index in [-0.39, 0.29) is 21.5 Å². The van der Waals surface area contributed by atoms with Gasteiger partial charge >= 0.3 is 37.1 Å². The van der Waals surface area contributed by atoms with Crippen LogP contribution in [0.25, 0.3) is 66.1 Å². The maximum Gasteiger partial charge on any atom is 0.418 e. The largest absolute Gasteiger partial charge is 0.418 e. The smallest absolute Gasteiger partial charge is 0.309 e. The van der Waals surface area contributed by atoms with Crippen molar-refractivity contribution in [1.29, 1.82) is 0 Å². The molecular weight excluding hydrogens is 874 g/mol. The fourth-order valence-corrected chi connectivity index (χ4v) is 7.53. The molecule has 0 fully saturated rings. The number of hydrogen-bond acceptors (Lipinski definition) is 0. The van der Waals surface area contributed by atoms with Gasteiger partial charge in [-0.05, 0) is 83.9 Å². The van der Waals surface area contributed by atoms with Crippen LogP contribution in [-0.4, -0.2) is 9.13 Å². The molecule has 2 aromatic heterocycles. The van der Waals surface area contributed by atoms with E-state index in [1.54, 1.807) is 0 Å². The van der Waals surface area contributed by atoms with Crippen LogP contribution < -0.4 is 0 Å². The van der Waals surface area contributed by atoms with E-state index in [9.17, 15) is 79.0 Å². The molecule has 322 valence electrons. The molecule has 0 atom stereocenters. The van der Waals surface area contributed by atoms with E-state index in [4.69, 9.17) is 0 Å². The third-order valence-corrected chi connectivity index (χ3v) is 10.3. The zero-order valence-corrected chi connectivity index (χ0v) is 30.1. The normalized spacial score (nSPS) is 13.6. The highest BCUT2D eigenvalue weighted by atomic mass is 19.4. The van der Waals surface area contributed by atoms with Crippen molar-refractivity contribution in [3.63, 3.8) is 0 Å². The third-order valence-electron chi connectivity index (χ3n) is 10.3. The average molecular weight is 893 g/mol. The standard InChI is InChI=1S/C42H18F18N2/c43-37(44,45)21-3-7-25-26-8-4-22(38(46,47)48)16-32(26)61(31(25)15-21)35-13-19(1-11-29(35)41(55,56)57)20-2-12-30(42(58,59)60)36(14-20)62-33-17-23(39(49,50)51)5-9-27(33)28-10-6-24(18-34(28)62)40(52,53)54/h1-18H. The molecule has 62 heavy (non-hydrogen) atoms. The minimum Gasteiger partial charge on any atom is -0.309 e. The summed E-state index contributed by atoms with van der Waals surface area (Å²) >= 11 is 0. The van der Waals surface area contributed by atoms with Gasteiger partial charge in [0, 0.05) is 21.5 Å². The Bertz CT molecular complexity index is 2740. The van der Waals surface area contributed by atoms with Gasteiger partial charge in [-0.3, -0.25) is 0 Å². The Morgan fingerprint density at radius 1 is 0.258 bits per heavy atom. The fraction of sp³-hybridized carbons (Fsp3) is 0.143. The lowest BCUT2D eigenvalue weighted by molar-refractivity contribution is -0.138. The van der Waals surface area contributed by atoms with Gasteiger partial charge in [0.1, 0.15) is 0 Å². The first-order chi connectivity index (χ1) is 28.5. The summed E-state index contributed by atoms with van der Waals surface area (Å²) in [6.45, 7) is 0. The topological polar surface area (TPSA) is 9.86 Å². The van der Waals surface area contributed by atoms with Gasteiger partial charge in [0.05, 0.1) is 66.8 Å². The molecule has 8 rings (SSSR count). The summed E-state index contributed by atoms with van der Waals surface area (Å²) < 4.78 is 258. The molecule has 0 saturated heterocycles. The fourth-order valence-electron chi connectivity index (χ4n) is 7.53. The SMILES string of the molecule is FC(F)(F)c1ccc2c3ccc(C(F)(F)F)cc3n(-c3cc(-c4ccc(C(F)(F)F)c(-n5c6cc(C(F)(F)F)ccc6c6ccc(C(F)(F)F)cc65)c4)ccc3C(F)(F)F)c2c1. The number of nitrogens with zero attached hydrogens (tertiary/aromatic N) is 2. The summed E-state index contributed by atoms with van der Waals surface area (Å²) in [6.07, 6.45) is -31.2. The van der Waals surface area contributed by atoms with Crippen LogP contribution in [0.4, 0.5) is 79.0 Å². The summed E-state index contributed by atoms with van der Waals surface area (Å²) in [7, 11) is 0. The van der Waals surface area contributed by atoms with E-state index in [1.165, 1.54) is 0 Å². The lowest BCUT2D eigenvalue weighted by atomic mass is 9.98. The van der Waals surface area contributed by atoms with Crippen molar-refractivity contribution >= 4 is 43.6 Å². The first kappa shape index (κ1) is 42.4. The predicted molar refractivity (Wildman–Crippen MR) is 191 cm³/mol. The number of fused-ring (bicyclic) bond motifs is 6. The van der Waals surface area contributed by atoms with E-state index in [0.717, 1.165) is 24.3 Å². The van der Waals surface area contributed by atoms with Crippen LogP contribution >= 0.6 is 0 Å². The van der Waals surface area contributed by atoms with Gasteiger partial charge in [-0.2, -0.15) is 79.0 Å². The predicted octanol–water partition coefficient (Wildman–Crippen LogP) is 15.7. The highest BCUT2D eigenvalue weighted by Crippen LogP contribution is 2.46. The van der Waals surface area contributed by atoms with Crippen LogP contribution in [0, 0.1) is 0 Å². The second kappa shape index (κ2) is 13.6. The highest BCUT2D eigenvalue weighted by Gasteiger charge is 2.40. The van der Waals surface area contributed by atoms with E-state index in [2.05, 4.69) is 0 Å². The first-order valence-electron chi connectivity index (χ1n) is 17.4. The molecule has 8 aromatic rings. The van der Waals surface area contributed by atoms with Gasteiger partial charge in [0.25, 0.3) is 0 Å². The molecular formula is C42H18F18N2. The first-order valence-corrected chi connectivity index (χ1v) is 17.4. The number of alkyl halides is 18. The molecule has 0 N–H and O–H groups in total. The molecule has 20 heteroatoms. The molecule has 0 aliphatic heterocycles. The molecule has 2 nitrogen and oxygen atoms in total. The van der Waals surface area contributed by atoms with Crippen molar-refractivity contribution in [2.75, 3.05) is 0 Å². The Morgan fingerprint density at radius 2 is 0.500 bits per heavy atom. The lowest BCUT2D eigenvalue weighted by Gasteiger charge is -2.20. The number of aromatic nitrogens is 2. The number of rotatable bonds is 3. The summed E-state index contributed by atoms with van der Waals surface area (Å²) in [6, 6.07) is 10.6. The molecule has 0 spiro atoms. The van der Waals surface area contributed by atoms with Crippen LogP contribution in [0.15, 0.2) is 109 Å². The van der Waals surface area contributed by atoms with Crippen molar-refractivity contribution in [1.82, 2.24) is 9.13 Å². The maximum atomic E-state index is 14.8. The van der Waals surface area contributed by atoms with Crippen molar-refractivity contribution < 1.29 is 79.0 Å². The van der Waals surface area contributed by atoms with E-state index >= 15 is 0 Å².